The van der Waals surface area contributed by atoms with Gasteiger partial charge in [-0.25, -0.2) is 0 Å². The molecule has 0 N–H and O–H groups in total. The molecule has 5 atom stereocenters. The van der Waals surface area contributed by atoms with Gasteiger partial charge in [0.1, 0.15) is 17.5 Å². The van der Waals surface area contributed by atoms with Crippen molar-refractivity contribution in [3.63, 3.8) is 0 Å². The number of hydrogen-bond donors (Lipinski definition) is 0. The van der Waals surface area contributed by atoms with Gasteiger partial charge in [0.15, 0.2) is 0 Å². The molecule has 3 aromatic rings. The Hall–Kier alpha value is -3.06. The van der Waals surface area contributed by atoms with E-state index in [-0.39, 0.29) is 36.5 Å². The van der Waals surface area contributed by atoms with Gasteiger partial charge in [-0.1, -0.05) is 71.7 Å². The second-order valence-corrected chi connectivity index (χ2v) is 13.4. The van der Waals surface area contributed by atoms with E-state index in [2.05, 4.69) is 41.3 Å². The molecule has 224 valence electrons. The van der Waals surface area contributed by atoms with E-state index in [1.807, 2.05) is 30.1 Å². The molecular weight excluding hydrogens is 583 g/mol. The summed E-state index contributed by atoms with van der Waals surface area (Å²) in [6.45, 7) is 3.29. The lowest BCUT2D eigenvalue weighted by atomic mass is 9.48. The van der Waals surface area contributed by atoms with Crippen LogP contribution in [0.25, 0.3) is 0 Å². The van der Waals surface area contributed by atoms with Gasteiger partial charge in [-0.2, -0.15) is 0 Å². The molecule has 2 bridgehead atoms. The molecule has 1 saturated heterocycles. The first-order chi connectivity index (χ1) is 20.7. The Labute approximate surface area is 262 Å². The maximum atomic E-state index is 13.7. The number of carbonyl (C=O) groups excluding carboxylic acids is 2. The number of hydrogen-bond acceptors (Lipinski definition) is 5. The van der Waals surface area contributed by atoms with Crippen LogP contribution in [0, 0.1) is 0 Å². The molecule has 3 aromatic carbocycles. The number of carbonyl (C=O) groups is 2. The van der Waals surface area contributed by atoms with E-state index in [1.54, 1.807) is 12.1 Å². The molecule has 1 amide bonds. The summed E-state index contributed by atoms with van der Waals surface area (Å²) in [5.74, 6) is 0.600. The lowest BCUT2D eigenvalue weighted by Crippen LogP contribution is -2.79. The number of ether oxygens (including phenoxy) is 2. The van der Waals surface area contributed by atoms with Crippen molar-refractivity contribution in [2.45, 2.75) is 74.7 Å². The Morgan fingerprint density at radius 2 is 1.84 bits per heavy atom. The number of halogens is 2. The van der Waals surface area contributed by atoms with Gasteiger partial charge in [0.05, 0.1) is 34.0 Å². The topological polar surface area (TPSA) is 59.1 Å². The number of benzene rings is 3. The minimum Gasteiger partial charge on any atom is -0.487 e. The molecule has 2 fully saturated rings. The van der Waals surface area contributed by atoms with E-state index < -0.39 is 11.0 Å². The van der Waals surface area contributed by atoms with Crippen LogP contribution >= 0.6 is 23.2 Å². The largest absolute Gasteiger partial charge is 0.487 e. The van der Waals surface area contributed by atoms with Crippen LogP contribution in [0.3, 0.4) is 0 Å². The number of rotatable bonds is 7. The summed E-state index contributed by atoms with van der Waals surface area (Å²) in [5.41, 5.74) is 3.31. The molecule has 6 nitrogen and oxygen atoms in total. The summed E-state index contributed by atoms with van der Waals surface area (Å²) in [4.78, 5) is 31.1. The van der Waals surface area contributed by atoms with Crippen LogP contribution in [0.2, 0.25) is 10.0 Å². The van der Waals surface area contributed by atoms with Gasteiger partial charge in [0, 0.05) is 26.1 Å². The highest BCUT2D eigenvalue weighted by molar-refractivity contribution is 6.42. The fourth-order valence-electron chi connectivity index (χ4n) is 8.72. The van der Waals surface area contributed by atoms with E-state index in [0.717, 1.165) is 43.7 Å². The number of likely N-dealkylation sites (tertiary alicyclic amines) is 1. The molecule has 2 aliphatic heterocycles. The number of nitrogens with zero attached hydrogens (tertiary/aromatic N) is 2. The minimum atomic E-state index is -0.734. The molecule has 8 heteroatoms. The van der Waals surface area contributed by atoms with Crippen molar-refractivity contribution in [2.75, 3.05) is 20.1 Å². The quantitative estimate of drug-likeness (QED) is 0.303. The van der Waals surface area contributed by atoms with Crippen molar-refractivity contribution in [2.24, 2.45) is 0 Å². The third-order valence-corrected chi connectivity index (χ3v) is 11.2. The van der Waals surface area contributed by atoms with Crippen LogP contribution in [0.15, 0.2) is 66.7 Å². The van der Waals surface area contributed by atoms with Crippen molar-refractivity contribution < 1.29 is 19.1 Å². The van der Waals surface area contributed by atoms with Gasteiger partial charge in [-0.15, -0.1) is 0 Å². The first kappa shape index (κ1) is 28.7. The summed E-state index contributed by atoms with van der Waals surface area (Å²) < 4.78 is 13.5. The Morgan fingerprint density at radius 3 is 2.60 bits per heavy atom. The maximum Gasteiger partial charge on any atom is 0.303 e. The van der Waals surface area contributed by atoms with Crippen LogP contribution in [0.4, 0.5) is 0 Å². The number of amides is 1. The third-order valence-electron chi connectivity index (χ3n) is 10.5. The van der Waals surface area contributed by atoms with Crippen LogP contribution in [-0.2, 0) is 39.0 Å². The van der Waals surface area contributed by atoms with Gasteiger partial charge in [-0.3, -0.25) is 14.5 Å². The van der Waals surface area contributed by atoms with E-state index >= 15 is 0 Å². The van der Waals surface area contributed by atoms with Gasteiger partial charge in [0.25, 0.3) is 0 Å². The van der Waals surface area contributed by atoms with Crippen LogP contribution in [-0.4, -0.2) is 65.6 Å². The SMILES string of the molecule is CC(=O)O[C@@]12CC[C@@H](N(C)C(=O)Cc3ccc(Cl)c(Cl)c3)[C@@H]3Oc4cccc5c4[C@@]31CCN(CCc1ccccc1)[C@@H]2C5. The molecule has 0 unspecified atom stereocenters. The Kier molecular flexibility index (Phi) is 7.23. The fourth-order valence-corrected chi connectivity index (χ4v) is 9.05. The highest BCUT2D eigenvalue weighted by Crippen LogP contribution is 2.65. The second kappa shape index (κ2) is 10.8. The predicted octanol–water partition coefficient (Wildman–Crippen LogP) is 6.03. The molecular formula is C35H36Cl2N2O4. The lowest BCUT2D eigenvalue weighted by Gasteiger charge is -2.65. The van der Waals surface area contributed by atoms with Crippen LogP contribution < -0.4 is 4.74 Å². The van der Waals surface area contributed by atoms with Crippen molar-refractivity contribution >= 4 is 35.1 Å². The summed E-state index contributed by atoms with van der Waals surface area (Å²) in [7, 11) is 1.88. The van der Waals surface area contributed by atoms with E-state index in [4.69, 9.17) is 32.7 Å². The molecule has 4 aliphatic rings. The zero-order valence-corrected chi connectivity index (χ0v) is 26.0. The van der Waals surface area contributed by atoms with Gasteiger partial charge in [-0.05, 0) is 73.5 Å². The van der Waals surface area contributed by atoms with E-state index in [0.29, 0.717) is 22.9 Å². The van der Waals surface area contributed by atoms with Gasteiger partial charge < -0.3 is 14.4 Å². The van der Waals surface area contributed by atoms with Crippen LogP contribution in [0.5, 0.6) is 5.75 Å². The van der Waals surface area contributed by atoms with E-state index in [9.17, 15) is 9.59 Å². The van der Waals surface area contributed by atoms with Crippen molar-refractivity contribution in [1.82, 2.24) is 9.80 Å². The highest BCUT2D eigenvalue weighted by Gasteiger charge is 2.75. The van der Waals surface area contributed by atoms with Gasteiger partial charge >= 0.3 is 5.97 Å². The molecule has 43 heavy (non-hydrogen) atoms. The first-order valence-electron chi connectivity index (χ1n) is 15.2. The van der Waals surface area contributed by atoms with Crippen LogP contribution in [0.1, 0.15) is 48.4 Å². The third kappa shape index (κ3) is 4.48. The van der Waals surface area contributed by atoms with Crippen molar-refractivity contribution in [3.8, 4) is 5.75 Å². The Balaban J connectivity index is 1.25. The molecule has 7 rings (SSSR count). The standard InChI is InChI=1S/C35H36Cl2N2O4/c1-22(40)43-35-15-13-28(38(2)31(41)20-24-11-12-26(36)27(37)19-24)33-34(35)16-18-39(17-14-23-7-4-3-5-8-23)30(35)21-25-9-6-10-29(42-33)32(25)34/h3-12,19,28,30,33H,13-18,20-21H2,1-2H3/t28-,30-,33+,34+,35-/m1/s1. The van der Waals surface area contributed by atoms with Crippen molar-refractivity contribution in [3.05, 3.63) is 99.0 Å². The molecule has 2 heterocycles. The Morgan fingerprint density at radius 1 is 1.02 bits per heavy atom. The van der Waals surface area contributed by atoms with Gasteiger partial charge in [0.2, 0.25) is 5.91 Å². The second-order valence-electron chi connectivity index (χ2n) is 12.6. The van der Waals surface area contributed by atoms with Crippen molar-refractivity contribution in [1.29, 1.82) is 0 Å². The average Bonchev–Trinajstić information content (AvgIpc) is 3.33. The predicted molar refractivity (Wildman–Crippen MR) is 167 cm³/mol. The molecule has 1 saturated carbocycles. The number of piperidine rings is 1. The highest BCUT2D eigenvalue weighted by atomic mass is 35.5. The maximum absolute atomic E-state index is 13.7. The lowest BCUT2D eigenvalue weighted by molar-refractivity contribution is -0.223. The number of esters is 1. The first-order valence-corrected chi connectivity index (χ1v) is 16.0. The number of likely N-dealkylation sites (N-methyl/N-ethyl adjacent to an activating group) is 1. The fraction of sp³-hybridized carbons (Fsp3) is 0.429. The summed E-state index contributed by atoms with van der Waals surface area (Å²) in [5, 5.41) is 0.904. The monoisotopic (exact) mass is 618 g/mol. The summed E-state index contributed by atoms with van der Waals surface area (Å²) in [6.07, 6.45) is 3.77. The molecule has 2 aliphatic carbocycles. The summed E-state index contributed by atoms with van der Waals surface area (Å²) in [6, 6.07) is 22.1. The van der Waals surface area contributed by atoms with E-state index in [1.165, 1.54) is 23.6 Å². The minimum absolute atomic E-state index is 0.00721. The zero-order chi connectivity index (χ0) is 29.9. The molecule has 0 radical (unpaired) electrons. The zero-order valence-electron chi connectivity index (χ0n) is 24.5. The Bertz CT molecular complexity index is 1580. The average molecular weight is 620 g/mol. The normalized spacial score (nSPS) is 28.5. The smallest absolute Gasteiger partial charge is 0.303 e. The summed E-state index contributed by atoms with van der Waals surface area (Å²) >= 11 is 12.4. The molecule has 1 spiro atoms. The molecule has 0 aromatic heterocycles.